The molecular formula is C15H21NO2. The Morgan fingerprint density at radius 1 is 1.39 bits per heavy atom. The van der Waals surface area contributed by atoms with Crippen LogP contribution in [-0.4, -0.2) is 17.1 Å². The maximum atomic E-state index is 11.5. The van der Waals surface area contributed by atoms with Crippen LogP contribution in [-0.2, 0) is 4.79 Å². The molecule has 1 unspecified atom stereocenters. The number of nitrogens with one attached hydrogen (secondary N) is 1. The lowest BCUT2D eigenvalue weighted by molar-refractivity contribution is -0.121. The van der Waals surface area contributed by atoms with Gasteiger partial charge in [0.25, 0.3) is 0 Å². The van der Waals surface area contributed by atoms with Crippen molar-refractivity contribution in [2.45, 2.75) is 51.7 Å². The van der Waals surface area contributed by atoms with Crippen LogP contribution in [0.15, 0.2) is 18.2 Å². The molecular weight excluding hydrogens is 226 g/mol. The molecule has 0 aromatic heterocycles. The minimum absolute atomic E-state index is 0.0559. The van der Waals surface area contributed by atoms with Gasteiger partial charge in [0.05, 0.1) is 6.10 Å². The normalized spacial score (nSPS) is 16.4. The third-order valence-corrected chi connectivity index (χ3v) is 3.50. The third-order valence-electron chi connectivity index (χ3n) is 3.50. The first-order chi connectivity index (χ1) is 8.56. The average molecular weight is 247 g/mol. The second-order valence-corrected chi connectivity index (χ2v) is 5.24. The van der Waals surface area contributed by atoms with Gasteiger partial charge in [-0.05, 0) is 49.8 Å². The van der Waals surface area contributed by atoms with E-state index >= 15 is 0 Å². The van der Waals surface area contributed by atoms with Gasteiger partial charge in [0.15, 0.2) is 0 Å². The van der Waals surface area contributed by atoms with Crippen LogP contribution in [0, 0.1) is 13.8 Å². The maximum Gasteiger partial charge on any atom is 0.220 e. The quantitative estimate of drug-likeness (QED) is 0.839. The Kier molecular flexibility index (Phi) is 4.02. The Hall–Kier alpha value is -1.35. The Bertz CT molecular complexity index is 438. The lowest BCUT2D eigenvalue weighted by Gasteiger charge is -2.12. The van der Waals surface area contributed by atoms with Crippen LogP contribution in [0.2, 0.25) is 0 Å². The second-order valence-electron chi connectivity index (χ2n) is 5.24. The summed E-state index contributed by atoms with van der Waals surface area (Å²) in [7, 11) is 0. The Labute approximate surface area is 108 Å². The highest BCUT2D eigenvalue weighted by Crippen LogP contribution is 2.22. The molecule has 0 spiro atoms. The summed E-state index contributed by atoms with van der Waals surface area (Å²) in [6.45, 7) is 4.08. The fraction of sp³-hybridized carbons (Fsp3) is 0.533. The van der Waals surface area contributed by atoms with E-state index in [4.69, 9.17) is 0 Å². The first-order valence-corrected chi connectivity index (χ1v) is 6.61. The number of rotatable bonds is 5. The van der Waals surface area contributed by atoms with Crippen molar-refractivity contribution in [3.8, 4) is 0 Å². The SMILES string of the molecule is Cc1ccc(C(O)CCC(=O)NC2CC2)cc1C. The number of carbonyl (C=O) groups excluding carboxylic acids is 1. The van der Waals surface area contributed by atoms with Crippen LogP contribution >= 0.6 is 0 Å². The van der Waals surface area contributed by atoms with E-state index < -0.39 is 6.10 Å². The van der Waals surface area contributed by atoms with Crippen molar-refractivity contribution in [1.82, 2.24) is 5.32 Å². The molecule has 1 aromatic rings. The van der Waals surface area contributed by atoms with Crippen molar-refractivity contribution in [1.29, 1.82) is 0 Å². The number of hydrogen-bond acceptors (Lipinski definition) is 2. The van der Waals surface area contributed by atoms with Gasteiger partial charge in [-0.2, -0.15) is 0 Å². The van der Waals surface area contributed by atoms with Crippen molar-refractivity contribution in [2.75, 3.05) is 0 Å². The van der Waals surface area contributed by atoms with E-state index in [0.29, 0.717) is 18.9 Å². The summed E-state index contributed by atoms with van der Waals surface area (Å²) in [5.41, 5.74) is 3.30. The molecule has 1 amide bonds. The summed E-state index contributed by atoms with van der Waals surface area (Å²) in [4.78, 5) is 11.5. The van der Waals surface area contributed by atoms with E-state index in [1.807, 2.05) is 25.1 Å². The molecule has 1 aliphatic rings. The fourth-order valence-corrected chi connectivity index (χ4v) is 1.93. The topological polar surface area (TPSA) is 49.3 Å². The zero-order chi connectivity index (χ0) is 13.1. The summed E-state index contributed by atoms with van der Waals surface area (Å²) >= 11 is 0. The van der Waals surface area contributed by atoms with Gasteiger partial charge in [0, 0.05) is 12.5 Å². The lowest BCUT2D eigenvalue weighted by atomic mass is 10.00. The zero-order valence-electron chi connectivity index (χ0n) is 11.1. The van der Waals surface area contributed by atoms with Crippen molar-refractivity contribution < 1.29 is 9.90 Å². The van der Waals surface area contributed by atoms with Gasteiger partial charge in [-0.25, -0.2) is 0 Å². The summed E-state index contributed by atoms with van der Waals surface area (Å²) < 4.78 is 0. The van der Waals surface area contributed by atoms with Crippen molar-refractivity contribution >= 4 is 5.91 Å². The van der Waals surface area contributed by atoms with Gasteiger partial charge in [-0.1, -0.05) is 18.2 Å². The molecule has 18 heavy (non-hydrogen) atoms. The predicted molar refractivity (Wildman–Crippen MR) is 71.3 cm³/mol. The number of amides is 1. The molecule has 98 valence electrons. The monoisotopic (exact) mass is 247 g/mol. The Balaban J connectivity index is 1.84. The number of aliphatic hydroxyl groups excluding tert-OH is 1. The number of hydrogen-bond donors (Lipinski definition) is 2. The standard InChI is InChI=1S/C15H21NO2/c1-10-3-4-12(9-11(10)2)14(17)7-8-15(18)16-13-5-6-13/h3-4,9,13-14,17H,5-8H2,1-2H3,(H,16,18). The van der Waals surface area contributed by atoms with Gasteiger partial charge in [0.1, 0.15) is 0 Å². The van der Waals surface area contributed by atoms with E-state index in [9.17, 15) is 9.90 Å². The van der Waals surface area contributed by atoms with Gasteiger partial charge in [-0.15, -0.1) is 0 Å². The molecule has 0 radical (unpaired) electrons. The van der Waals surface area contributed by atoms with E-state index in [1.165, 1.54) is 11.1 Å². The summed E-state index contributed by atoms with van der Waals surface area (Å²) in [6.07, 6.45) is 2.54. The van der Waals surface area contributed by atoms with Crippen molar-refractivity contribution in [3.63, 3.8) is 0 Å². The molecule has 0 aliphatic heterocycles. The second kappa shape index (κ2) is 5.53. The largest absolute Gasteiger partial charge is 0.388 e. The van der Waals surface area contributed by atoms with Crippen LogP contribution in [0.3, 0.4) is 0 Å². The van der Waals surface area contributed by atoms with Crippen LogP contribution in [0.25, 0.3) is 0 Å². The van der Waals surface area contributed by atoms with Crippen LogP contribution in [0.4, 0.5) is 0 Å². The van der Waals surface area contributed by atoms with Gasteiger partial charge in [0.2, 0.25) is 5.91 Å². The summed E-state index contributed by atoms with van der Waals surface area (Å²) in [5.74, 6) is 0.0559. The summed E-state index contributed by atoms with van der Waals surface area (Å²) in [6, 6.07) is 6.35. The minimum atomic E-state index is -0.547. The van der Waals surface area contributed by atoms with Crippen molar-refractivity contribution in [3.05, 3.63) is 34.9 Å². The number of aliphatic hydroxyl groups is 1. The lowest BCUT2D eigenvalue weighted by Crippen LogP contribution is -2.25. The number of carbonyl (C=O) groups is 1. The molecule has 3 nitrogen and oxygen atoms in total. The summed E-state index contributed by atoms with van der Waals surface area (Å²) in [5, 5.41) is 13.0. The van der Waals surface area contributed by atoms with Crippen LogP contribution in [0.5, 0.6) is 0 Å². The molecule has 0 bridgehead atoms. The van der Waals surface area contributed by atoms with E-state index in [1.54, 1.807) is 0 Å². The van der Waals surface area contributed by atoms with Gasteiger partial charge >= 0.3 is 0 Å². The van der Waals surface area contributed by atoms with Crippen molar-refractivity contribution in [2.24, 2.45) is 0 Å². The van der Waals surface area contributed by atoms with E-state index in [0.717, 1.165) is 18.4 Å². The first kappa shape index (κ1) is 13.1. The number of aryl methyl sites for hydroxylation is 2. The highest BCUT2D eigenvalue weighted by Gasteiger charge is 2.23. The van der Waals surface area contributed by atoms with Crippen LogP contribution in [0.1, 0.15) is 48.5 Å². The molecule has 0 saturated heterocycles. The average Bonchev–Trinajstić information content (AvgIpc) is 3.13. The third kappa shape index (κ3) is 3.57. The maximum absolute atomic E-state index is 11.5. The molecule has 2 rings (SSSR count). The first-order valence-electron chi connectivity index (χ1n) is 6.61. The molecule has 0 heterocycles. The molecule has 3 heteroatoms. The Morgan fingerprint density at radius 3 is 2.72 bits per heavy atom. The molecule has 2 N–H and O–H groups in total. The minimum Gasteiger partial charge on any atom is -0.388 e. The predicted octanol–water partition coefficient (Wildman–Crippen LogP) is 2.40. The van der Waals surface area contributed by atoms with E-state index in [-0.39, 0.29) is 5.91 Å². The van der Waals surface area contributed by atoms with Gasteiger partial charge < -0.3 is 10.4 Å². The molecule has 1 saturated carbocycles. The highest BCUT2D eigenvalue weighted by atomic mass is 16.3. The molecule has 1 atom stereocenters. The molecule has 1 fully saturated rings. The molecule has 1 aromatic carbocycles. The fourth-order valence-electron chi connectivity index (χ4n) is 1.93. The smallest absolute Gasteiger partial charge is 0.220 e. The molecule has 1 aliphatic carbocycles. The number of benzene rings is 1. The highest BCUT2D eigenvalue weighted by molar-refractivity contribution is 5.76. The van der Waals surface area contributed by atoms with Gasteiger partial charge in [-0.3, -0.25) is 4.79 Å². The Morgan fingerprint density at radius 2 is 2.11 bits per heavy atom. The zero-order valence-corrected chi connectivity index (χ0v) is 11.1. The van der Waals surface area contributed by atoms with E-state index in [2.05, 4.69) is 12.2 Å². The van der Waals surface area contributed by atoms with Crippen LogP contribution < -0.4 is 5.32 Å².